The Morgan fingerprint density at radius 1 is 1.05 bits per heavy atom. The normalized spacial score (nSPS) is 14.5. The Kier molecular flexibility index (Phi) is 18.2. The standard InChI is InChI=1S/C31H30ClN5O3.C17H22N2O5S2/c1-4-39-29-17-26-24(16-27(29)36-30(38)11-8-14-37(2)3)31(22(18-33)19-34-26)35-23-12-13-28(25(32)15-23)40-20-21-9-6-5-7-10-21;1-4-5-11-24-13-6-8-14(9-7-13)26(22,23)19-10-12-25-17(2,3)15(19)16(20)18-21/h5-13,15-17,19H,4,14,20H2,1-3H3,(H,34,35)(H,36,38);6-9,15,21H,10-12H2,1-3H3,(H,18,20)/b11-8+;. The fraction of sp³-hybridized carbons (Fsp3) is 0.292. The lowest BCUT2D eigenvalue weighted by atomic mass is 10.0. The number of sulfonamides is 1. The maximum Gasteiger partial charge on any atom is 0.263 e. The van der Waals surface area contributed by atoms with E-state index in [1.165, 1.54) is 36.2 Å². The number of halogens is 1. The van der Waals surface area contributed by atoms with Crippen LogP contribution in [0.4, 0.5) is 17.1 Å². The fourth-order valence-electron chi connectivity index (χ4n) is 6.69. The van der Waals surface area contributed by atoms with Crippen LogP contribution in [-0.4, -0.2) is 96.6 Å². The highest BCUT2D eigenvalue weighted by atomic mass is 35.5. The summed E-state index contributed by atoms with van der Waals surface area (Å²) in [5.74, 6) is 6.51. The van der Waals surface area contributed by atoms with Gasteiger partial charge in [0, 0.05) is 53.0 Å². The van der Waals surface area contributed by atoms with Crippen molar-refractivity contribution < 1.29 is 37.4 Å². The van der Waals surface area contributed by atoms with Gasteiger partial charge in [-0.25, -0.2) is 13.9 Å². The number of anilines is 3. The molecule has 4 N–H and O–H groups in total. The van der Waals surface area contributed by atoms with Gasteiger partial charge in [0.1, 0.15) is 42.6 Å². The number of carbonyl (C=O) groups is 2. The number of fused-ring (bicyclic) bond motifs is 1. The van der Waals surface area contributed by atoms with E-state index < -0.39 is 26.7 Å². The quantitative estimate of drug-likeness (QED) is 0.0322. The van der Waals surface area contributed by atoms with Gasteiger partial charge in [0.2, 0.25) is 15.9 Å². The minimum absolute atomic E-state index is 0.0601. The van der Waals surface area contributed by atoms with Crippen LogP contribution >= 0.6 is 23.4 Å². The summed E-state index contributed by atoms with van der Waals surface area (Å²) in [6.07, 6.45) is 4.75. The molecule has 2 heterocycles. The predicted molar refractivity (Wildman–Crippen MR) is 259 cm³/mol. The second kappa shape index (κ2) is 23.7. The van der Waals surface area contributed by atoms with Gasteiger partial charge in [0.05, 0.1) is 39.0 Å². The second-order valence-electron chi connectivity index (χ2n) is 15.3. The molecule has 1 unspecified atom stereocenters. The number of carbonyl (C=O) groups excluding carboxylic acids is 2. The smallest absolute Gasteiger partial charge is 0.263 e. The first-order valence-corrected chi connectivity index (χ1v) is 23.5. The topological polar surface area (TPSA) is 195 Å². The van der Waals surface area contributed by atoms with Crippen LogP contribution in [0.1, 0.15) is 38.8 Å². The molecule has 1 saturated heterocycles. The number of nitrogens with one attached hydrogen (secondary N) is 3. The van der Waals surface area contributed by atoms with Crippen molar-refractivity contribution in [3.8, 4) is 35.2 Å². The average molecular weight is 955 g/mol. The molecule has 346 valence electrons. The van der Waals surface area contributed by atoms with Crippen LogP contribution in [0.5, 0.6) is 17.2 Å². The third-order valence-corrected chi connectivity index (χ3v) is 13.4. The van der Waals surface area contributed by atoms with Crippen LogP contribution in [0.15, 0.2) is 108 Å². The van der Waals surface area contributed by atoms with Crippen molar-refractivity contribution in [2.24, 2.45) is 0 Å². The molecular weight excluding hydrogens is 902 g/mol. The van der Waals surface area contributed by atoms with Crippen LogP contribution in [0.25, 0.3) is 10.9 Å². The number of aromatic nitrogens is 1. The molecule has 0 spiro atoms. The molecule has 66 heavy (non-hydrogen) atoms. The minimum Gasteiger partial charge on any atom is -0.492 e. The number of benzene rings is 4. The lowest BCUT2D eigenvalue weighted by molar-refractivity contribution is -0.134. The van der Waals surface area contributed by atoms with Gasteiger partial charge >= 0.3 is 0 Å². The molecule has 1 aromatic heterocycles. The van der Waals surface area contributed by atoms with Gasteiger partial charge in [-0.2, -0.15) is 21.3 Å². The zero-order chi connectivity index (χ0) is 47.9. The largest absolute Gasteiger partial charge is 0.492 e. The number of thioether (sulfide) groups is 1. The van der Waals surface area contributed by atoms with Gasteiger partial charge in [0.15, 0.2) is 0 Å². The maximum absolute atomic E-state index is 13.1. The molecular formula is C48H52ClN7O8S2. The molecule has 1 fully saturated rings. The number of hydroxylamine groups is 1. The summed E-state index contributed by atoms with van der Waals surface area (Å²) < 4.78 is 43.7. The van der Waals surface area contributed by atoms with E-state index in [1.54, 1.807) is 68.7 Å². The van der Waals surface area contributed by atoms with Gasteiger partial charge in [0.25, 0.3) is 5.91 Å². The van der Waals surface area contributed by atoms with E-state index in [0.717, 1.165) is 9.87 Å². The van der Waals surface area contributed by atoms with Crippen LogP contribution in [0, 0.1) is 23.2 Å². The van der Waals surface area contributed by atoms with Crippen LogP contribution in [0.3, 0.4) is 0 Å². The Labute approximate surface area is 395 Å². The Morgan fingerprint density at radius 3 is 2.44 bits per heavy atom. The van der Waals surface area contributed by atoms with Gasteiger partial charge in [-0.3, -0.25) is 19.8 Å². The van der Waals surface area contributed by atoms with Gasteiger partial charge in [-0.05, 0) is 95.9 Å². The summed E-state index contributed by atoms with van der Waals surface area (Å²) in [5.41, 5.74) is 5.21. The van der Waals surface area contributed by atoms with E-state index in [2.05, 4.69) is 33.5 Å². The zero-order valence-electron chi connectivity index (χ0n) is 37.4. The van der Waals surface area contributed by atoms with Crippen molar-refractivity contribution in [2.45, 2.75) is 50.0 Å². The van der Waals surface area contributed by atoms with E-state index >= 15 is 0 Å². The van der Waals surface area contributed by atoms with E-state index in [1.807, 2.05) is 62.3 Å². The number of amides is 2. The molecule has 0 bridgehead atoms. The summed E-state index contributed by atoms with van der Waals surface area (Å²) in [5, 5.41) is 26.2. The summed E-state index contributed by atoms with van der Waals surface area (Å²) in [7, 11) is -0.0704. The molecule has 2 amide bonds. The summed E-state index contributed by atoms with van der Waals surface area (Å²) in [4.78, 5) is 31.2. The van der Waals surface area contributed by atoms with Crippen LogP contribution < -0.4 is 30.3 Å². The number of nitriles is 1. The number of nitrogens with zero attached hydrogens (tertiary/aromatic N) is 4. The van der Waals surface area contributed by atoms with Crippen molar-refractivity contribution in [1.82, 2.24) is 19.7 Å². The summed E-state index contributed by atoms with van der Waals surface area (Å²) in [6.45, 7) is 8.96. The molecule has 1 aliphatic rings. The van der Waals surface area contributed by atoms with E-state index in [4.69, 9.17) is 31.0 Å². The molecule has 0 saturated carbocycles. The lowest BCUT2D eigenvalue weighted by Crippen LogP contribution is -2.61. The molecule has 6 rings (SSSR count). The first-order chi connectivity index (χ1) is 31.6. The Morgan fingerprint density at radius 2 is 1.79 bits per heavy atom. The number of hydrogen-bond acceptors (Lipinski definition) is 13. The van der Waals surface area contributed by atoms with E-state index in [-0.39, 0.29) is 24.0 Å². The van der Waals surface area contributed by atoms with Crippen molar-refractivity contribution in [3.05, 3.63) is 119 Å². The fourth-order valence-corrected chi connectivity index (χ4v) is 10.0. The van der Waals surface area contributed by atoms with Crippen molar-refractivity contribution >= 4 is 73.2 Å². The third-order valence-electron chi connectivity index (χ3n) is 9.83. The number of hydrogen-bond donors (Lipinski definition) is 4. The highest BCUT2D eigenvalue weighted by molar-refractivity contribution is 8.01. The third kappa shape index (κ3) is 13.4. The number of pyridine rings is 1. The molecule has 1 aliphatic heterocycles. The number of rotatable bonds is 16. The number of likely N-dealkylation sites (N-methyl/N-ethyl adjacent to an activating group) is 1. The minimum atomic E-state index is -3.91. The maximum atomic E-state index is 13.1. The molecule has 1 atom stereocenters. The van der Waals surface area contributed by atoms with Crippen molar-refractivity contribution in [1.29, 1.82) is 5.26 Å². The van der Waals surface area contributed by atoms with Crippen molar-refractivity contribution in [3.63, 3.8) is 0 Å². The second-order valence-corrected chi connectivity index (χ2v) is 19.3. The van der Waals surface area contributed by atoms with E-state index in [9.17, 15) is 23.3 Å². The Hall–Kier alpha value is -6.31. The predicted octanol–water partition coefficient (Wildman–Crippen LogP) is 8.02. The Bertz CT molecular complexity index is 2740. The van der Waals surface area contributed by atoms with Gasteiger partial charge in [-0.1, -0.05) is 53.9 Å². The first-order valence-electron chi connectivity index (χ1n) is 20.7. The molecule has 18 heteroatoms. The molecule has 15 nitrogen and oxygen atoms in total. The van der Waals surface area contributed by atoms with Gasteiger partial charge < -0.3 is 29.7 Å². The molecule has 0 radical (unpaired) electrons. The zero-order valence-corrected chi connectivity index (χ0v) is 39.8. The number of ether oxygens (including phenoxy) is 3. The average Bonchev–Trinajstić information content (AvgIpc) is 3.29. The highest BCUT2D eigenvalue weighted by Crippen LogP contribution is 2.39. The Balaban J connectivity index is 0.000000272. The van der Waals surface area contributed by atoms with Crippen LogP contribution in [0.2, 0.25) is 5.02 Å². The SMILES string of the molecule is CC#CCOc1ccc(S(=O)(=O)N2CCSC(C)(C)C2C(=O)NO)cc1.CCOc1cc2ncc(C#N)c(Nc3ccc(OCc4ccccc4)c(Cl)c3)c2cc1NC(=O)/C=C/CN(C)C. The molecule has 5 aromatic rings. The monoisotopic (exact) mass is 953 g/mol. The highest BCUT2D eigenvalue weighted by Gasteiger charge is 2.48. The molecule has 0 aliphatic carbocycles. The molecule has 4 aromatic carbocycles. The van der Waals surface area contributed by atoms with Crippen molar-refractivity contribution in [2.75, 3.05) is 56.8 Å². The van der Waals surface area contributed by atoms with Gasteiger partial charge in [-0.15, -0.1) is 5.92 Å². The summed E-state index contributed by atoms with van der Waals surface area (Å²) >= 11 is 8.03. The van der Waals surface area contributed by atoms with E-state index in [0.29, 0.717) is 81.3 Å². The first kappa shape index (κ1) is 50.7. The lowest BCUT2D eigenvalue weighted by Gasteiger charge is -2.43. The van der Waals surface area contributed by atoms with Crippen LogP contribution in [-0.2, 0) is 26.2 Å². The summed E-state index contributed by atoms with van der Waals surface area (Å²) in [6, 6.07) is 25.8.